The maximum Gasteiger partial charge on any atom is 0.256 e. The molecule has 1 saturated heterocycles. The van der Waals surface area contributed by atoms with Crippen molar-refractivity contribution < 1.29 is 37.9 Å². The Bertz CT molecular complexity index is 2110. The second-order valence-corrected chi connectivity index (χ2v) is 13.1. The average Bonchev–Trinajstić information content (AvgIpc) is 3.80. The Labute approximate surface area is 312 Å². The van der Waals surface area contributed by atoms with E-state index in [1.807, 2.05) is 84.9 Å². The summed E-state index contributed by atoms with van der Waals surface area (Å²) >= 11 is 0. The van der Waals surface area contributed by atoms with Crippen molar-refractivity contribution in [2.75, 3.05) is 33.3 Å². The molecule has 1 amide bonds. The van der Waals surface area contributed by atoms with Gasteiger partial charge in [-0.15, -0.1) is 0 Å². The first-order valence-electron chi connectivity index (χ1n) is 17.0. The number of nitrogens with one attached hydrogen (secondary N) is 1. The molecule has 1 aliphatic rings. The van der Waals surface area contributed by atoms with Crippen LogP contribution in [0.2, 0.25) is 0 Å². The van der Waals surface area contributed by atoms with Gasteiger partial charge < -0.3 is 38.4 Å². The zero-order valence-corrected chi connectivity index (χ0v) is 30.6. The van der Waals surface area contributed by atoms with Gasteiger partial charge in [-0.25, -0.2) is 15.0 Å². The first-order valence-corrected chi connectivity index (χ1v) is 18.3. The predicted molar refractivity (Wildman–Crippen MR) is 201 cm³/mol. The number of nitrogens with zero attached hydrogens (tertiary/aromatic N) is 4. The number of hydrogen-bond acceptors (Lipinski definition) is 12. The molecule has 4 aromatic carbocycles. The van der Waals surface area contributed by atoms with E-state index < -0.39 is 38.7 Å². The summed E-state index contributed by atoms with van der Waals surface area (Å²) in [5.74, 6) is 1.25. The zero-order chi connectivity index (χ0) is 37.7. The van der Waals surface area contributed by atoms with Crippen molar-refractivity contribution in [1.82, 2.24) is 19.5 Å². The lowest BCUT2D eigenvalue weighted by atomic mass is 9.80. The van der Waals surface area contributed by atoms with Gasteiger partial charge in [0.25, 0.3) is 14.4 Å². The Kier molecular flexibility index (Phi) is 11.2. The number of nitrogens with two attached hydrogens (primary N) is 1. The van der Waals surface area contributed by atoms with Crippen molar-refractivity contribution in [2.45, 2.75) is 30.1 Å². The largest absolute Gasteiger partial charge is 0.497 e. The fourth-order valence-corrected chi connectivity index (χ4v) is 7.25. The molecule has 1 aliphatic heterocycles. The van der Waals surface area contributed by atoms with Crippen LogP contribution in [0.15, 0.2) is 122 Å². The summed E-state index contributed by atoms with van der Waals surface area (Å²) in [4.78, 5) is 36.7. The van der Waals surface area contributed by atoms with E-state index >= 15 is 0 Å². The minimum Gasteiger partial charge on any atom is -0.497 e. The highest BCUT2D eigenvalue weighted by molar-refractivity contribution is 7.43. The molecule has 7 rings (SSSR count). The highest BCUT2D eigenvalue weighted by atomic mass is 31.2. The van der Waals surface area contributed by atoms with Crippen LogP contribution in [0.5, 0.6) is 11.5 Å². The fourth-order valence-electron chi connectivity index (χ4n) is 6.75. The Morgan fingerprint density at radius 3 is 2.00 bits per heavy atom. The molecule has 1 fully saturated rings. The van der Waals surface area contributed by atoms with Crippen molar-refractivity contribution in [2.24, 2.45) is 5.50 Å². The van der Waals surface area contributed by atoms with Crippen LogP contribution in [0.1, 0.15) is 33.3 Å². The number of hydrogen-bond donors (Lipinski definition) is 3. The van der Waals surface area contributed by atoms with E-state index in [2.05, 4.69) is 20.3 Å². The number of carbonyl (C=O) groups is 1. The second kappa shape index (κ2) is 16.4. The number of rotatable bonds is 14. The maximum atomic E-state index is 13.0. The Balaban J connectivity index is 1.26. The normalized spacial score (nSPS) is 19.1. The van der Waals surface area contributed by atoms with Crippen molar-refractivity contribution in [1.29, 1.82) is 0 Å². The van der Waals surface area contributed by atoms with E-state index in [9.17, 15) is 9.69 Å². The molecule has 5 atom stereocenters. The van der Waals surface area contributed by atoms with Crippen molar-refractivity contribution in [3.63, 3.8) is 0 Å². The molecule has 0 spiro atoms. The van der Waals surface area contributed by atoms with Crippen molar-refractivity contribution in [3.05, 3.63) is 144 Å². The standard InChI is InChI=1S/C39H39N6O8P/c1-48-29-18-14-27(15-19-29)39(26-12-8-5-9-13-26,28-16-20-30(49-2)21-17-28)51-22-31-33(53-54(40)47)34(50-3)38(52-31)45-24-43-32-35(41-23-42-36(32)45)44-37(46)25-10-6-4-7-11-25/h4-21,23-24,31,33-34,38,47H,22,40H2,1-3H3,(H,41,42,44,46)/t31-,33-,34-,38-,54?/m1/s1. The van der Waals surface area contributed by atoms with Gasteiger partial charge in [0, 0.05) is 12.7 Å². The molecular weight excluding hydrogens is 711 g/mol. The lowest BCUT2D eigenvalue weighted by Gasteiger charge is -2.37. The third kappa shape index (κ3) is 7.28. The number of methoxy groups -OCH3 is 3. The summed E-state index contributed by atoms with van der Waals surface area (Å²) < 4.78 is 38.4. The summed E-state index contributed by atoms with van der Waals surface area (Å²) in [5, 5.41) is 2.83. The van der Waals surface area contributed by atoms with Gasteiger partial charge in [-0.3, -0.25) is 14.9 Å². The van der Waals surface area contributed by atoms with E-state index in [0.717, 1.165) is 16.7 Å². The summed E-state index contributed by atoms with van der Waals surface area (Å²) in [5.41, 5.74) is 8.36. The first kappa shape index (κ1) is 37.0. The van der Waals surface area contributed by atoms with Gasteiger partial charge in [-0.05, 0) is 53.1 Å². The average molecular weight is 751 g/mol. The molecule has 0 radical (unpaired) electrons. The highest BCUT2D eigenvalue weighted by Crippen LogP contribution is 2.45. The van der Waals surface area contributed by atoms with Gasteiger partial charge >= 0.3 is 0 Å². The smallest absolute Gasteiger partial charge is 0.256 e. The Morgan fingerprint density at radius 1 is 0.833 bits per heavy atom. The molecule has 3 heterocycles. The van der Waals surface area contributed by atoms with Crippen LogP contribution < -0.4 is 20.3 Å². The van der Waals surface area contributed by atoms with Crippen LogP contribution in [-0.2, 0) is 24.3 Å². The Hall–Kier alpha value is -5.31. The molecule has 54 heavy (non-hydrogen) atoms. The molecule has 1 unspecified atom stereocenters. The van der Waals surface area contributed by atoms with Crippen LogP contribution >= 0.6 is 8.53 Å². The number of aromatic nitrogens is 4. The summed E-state index contributed by atoms with van der Waals surface area (Å²) in [7, 11) is 2.40. The van der Waals surface area contributed by atoms with Crippen LogP contribution in [0.4, 0.5) is 5.82 Å². The predicted octanol–water partition coefficient (Wildman–Crippen LogP) is 5.58. The minimum atomic E-state index is -2.34. The lowest BCUT2D eigenvalue weighted by Crippen LogP contribution is -2.41. The van der Waals surface area contributed by atoms with Crippen molar-refractivity contribution >= 4 is 31.4 Å². The number of ether oxygens (including phenoxy) is 5. The van der Waals surface area contributed by atoms with Gasteiger partial charge in [0.2, 0.25) is 0 Å². The number of imidazole rings is 1. The number of fused-ring (bicyclic) bond motifs is 1. The number of benzene rings is 4. The SMILES string of the molecule is COc1ccc(C(OC[C@H]2O[C@@H](n3cnc4c(NC(=O)c5ccccc5)ncnc43)[C@H](OC)[C@@H]2OP(N)O)(c2ccccc2)c2ccc(OC)cc2)cc1. The summed E-state index contributed by atoms with van der Waals surface area (Å²) in [6, 6.07) is 34.0. The number of carbonyl (C=O) groups excluding carboxylic acids is 1. The monoisotopic (exact) mass is 750 g/mol. The number of amides is 1. The second-order valence-electron chi connectivity index (χ2n) is 12.3. The molecule has 4 N–H and O–H groups in total. The van der Waals surface area contributed by atoms with Crippen molar-refractivity contribution in [3.8, 4) is 11.5 Å². The third-order valence-electron chi connectivity index (χ3n) is 9.33. The molecule has 0 saturated carbocycles. The topological polar surface area (TPSA) is 174 Å². The number of anilines is 1. The van der Waals surface area contributed by atoms with E-state index in [1.54, 1.807) is 43.1 Å². The van der Waals surface area contributed by atoms with Gasteiger partial charge in [0.15, 0.2) is 23.2 Å². The molecular formula is C39H39N6O8P. The van der Waals surface area contributed by atoms with Gasteiger partial charge in [0.05, 0.1) is 27.2 Å². The van der Waals surface area contributed by atoms with Gasteiger partial charge in [-0.1, -0.05) is 72.8 Å². The van der Waals surface area contributed by atoms with E-state index in [4.69, 9.17) is 33.7 Å². The van der Waals surface area contributed by atoms with Crippen LogP contribution in [0.25, 0.3) is 11.2 Å². The zero-order valence-electron chi connectivity index (χ0n) is 29.7. The molecule has 6 aromatic rings. The van der Waals surface area contributed by atoms with Gasteiger partial charge in [0.1, 0.15) is 41.7 Å². The molecule has 278 valence electrons. The van der Waals surface area contributed by atoms with Gasteiger partial charge in [-0.2, -0.15) is 0 Å². The quantitative estimate of drug-likeness (QED) is 0.0933. The fraction of sp³-hybridized carbons (Fsp3) is 0.231. The Morgan fingerprint density at radius 2 is 1.43 bits per heavy atom. The molecule has 14 nitrogen and oxygen atoms in total. The summed E-state index contributed by atoms with van der Waals surface area (Å²) in [6.07, 6.45) is -0.523. The highest BCUT2D eigenvalue weighted by Gasteiger charge is 2.50. The lowest BCUT2D eigenvalue weighted by molar-refractivity contribution is -0.0932. The maximum absolute atomic E-state index is 13.0. The van der Waals surface area contributed by atoms with E-state index in [-0.39, 0.29) is 18.3 Å². The van der Waals surface area contributed by atoms with Crippen LogP contribution in [-0.4, -0.2) is 76.6 Å². The van der Waals surface area contributed by atoms with Crippen LogP contribution in [0, 0.1) is 0 Å². The molecule has 0 bridgehead atoms. The minimum absolute atomic E-state index is 0.0445. The molecule has 2 aromatic heterocycles. The molecule has 0 aliphatic carbocycles. The molecule has 15 heteroatoms. The first-order chi connectivity index (χ1) is 26.4. The third-order valence-corrected chi connectivity index (χ3v) is 9.79. The van der Waals surface area contributed by atoms with E-state index in [1.165, 1.54) is 19.8 Å². The summed E-state index contributed by atoms with van der Waals surface area (Å²) in [6.45, 7) is -0.0445. The van der Waals surface area contributed by atoms with Crippen LogP contribution in [0.3, 0.4) is 0 Å². The van der Waals surface area contributed by atoms with E-state index in [0.29, 0.717) is 28.2 Å².